The zero-order chi connectivity index (χ0) is 12.4. The average Bonchev–Trinajstić information content (AvgIpc) is 2.16. The summed E-state index contributed by atoms with van der Waals surface area (Å²) in [7, 11) is -4.55. The molecule has 0 spiro atoms. The molecule has 6 heteroatoms. The molecule has 0 bridgehead atoms. The number of rotatable bonds is 10. The fourth-order valence-electron chi connectivity index (χ4n) is 1.65. The second kappa shape index (κ2) is 11.9. The summed E-state index contributed by atoms with van der Waals surface area (Å²) in [5.74, 6) is 0. The van der Waals surface area contributed by atoms with Gasteiger partial charge in [-0.15, -0.1) is 0 Å². The molecule has 0 aliphatic heterocycles. The van der Waals surface area contributed by atoms with Crippen molar-refractivity contribution in [3.63, 3.8) is 0 Å². The predicted octanol–water partition coefficient (Wildman–Crippen LogP) is -0.00360. The van der Waals surface area contributed by atoms with Gasteiger partial charge < -0.3 is 4.55 Å². The van der Waals surface area contributed by atoms with E-state index in [9.17, 15) is 13.0 Å². The van der Waals surface area contributed by atoms with Crippen molar-refractivity contribution in [1.29, 1.82) is 0 Å². The Kier molecular flexibility index (Phi) is 14.2. The first kappa shape index (κ1) is 20.2. The van der Waals surface area contributed by atoms with Gasteiger partial charge in [-0.3, -0.25) is 4.18 Å². The quantitative estimate of drug-likeness (QED) is 0.243. The van der Waals surface area contributed by atoms with Crippen molar-refractivity contribution in [2.45, 2.75) is 71.3 Å². The second-order valence-corrected chi connectivity index (χ2v) is 5.13. The smallest absolute Gasteiger partial charge is 0.726 e. The van der Waals surface area contributed by atoms with Gasteiger partial charge in [0.2, 0.25) is 10.4 Å². The molecule has 0 aromatic heterocycles. The first-order valence-electron chi connectivity index (χ1n) is 6.13. The summed E-state index contributed by atoms with van der Waals surface area (Å²) in [6, 6.07) is 0. The summed E-state index contributed by atoms with van der Waals surface area (Å²) in [6.07, 6.45) is 7.00. The van der Waals surface area contributed by atoms with Crippen LogP contribution in [-0.2, 0) is 14.6 Å². The van der Waals surface area contributed by atoms with E-state index in [1.165, 1.54) is 0 Å². The maximum Gasteiger partial charge on any atom is 1.00 e. The van der Waals surface area contributed by atoms with Crippen LogP contribution in [0.1, 0.15) is 65.2 Å². The third-order valence-electron chi connectivity index (χ3n) is 2.51. The minimum absolute atomic E-state index is 0. The Morgan fingerprint density at radius 1 is 1.00 bits per heavy atom. The summed E-state index contributed by atoms with van der Waals surface area (Å²) in [5, 5.41) is 0. The number of unbranched alkanes of at least 4 members (excludes halogenated alkanes) is 4. The van der Waals surface area contributed by atoms with E-state index < -0.39 is 16.5 Å². The average molecular weight is 274 g/mol. The van der Waals surface area contributed by atoms with Gasteiger partial charge in [-0.2, -0.15) is 0 Å². The molecular formula is C11H23NaO4S. The van der Waals surface area contributed by atoms with E-state index in [4.69, 9.17) is 0 Å². The summed E-state index contributed by atoms with van der Waals surface area (Å²) in [6.45, 7) is 4.16. The fourth-order valence-corrected chi connectivity index (χ4v) is 2.18. The largest absolute Gasteiger partial charge is 1.00 e. The molecule has 0 aliphatic rings. The van der Waals surface area contributed by atoms with Crippen LogP contribution in [0.25, 0.3) is 0 Å². The van der Waals surface area contributed by atoms with E-state index in [0.29, 0.717) is 12.8 Å². The van der Waals surface area contributed by atoms with Gasteiger partial charge in [0.1, 0.15) is 0 Å². The van der Waals surface area contributed by atoms with E-state index in [0.717, 1.165) is 38.5 Å². The molecule has 0 unspecified atom stereocenters. The molecule has 0 saturated carbocycles. The molecule has 0 radical (unpaired) electrons. The van der Waals surface area contributed by atoms with Gasteiger partial charge in [-0.05, 0) is 12.8 Å². The van der Waals surface area contributed by atoms with E-state index in [-0.39, 0.29) is 29.6 Å². The van der Waals surface area contributed by atoms with E-state index in [1.54, 1.807) is 0 Å². The Morgan fingerprint density at radius 3 is 1.71 bits per heavy atom. The van der Waals surface area contributed by atoms with E-state index in [1.807, 2.05) is 0 Å². The third-order valence-corrected chi connectivity index (χ3v) is 3.02. The van der Waals surface area contributed by atoms with Crippen molar-refractivity contribution in [2.24, 2.45) is 0 Å². The van der Waals surface area contributed by atoms with Crippen LogP contribution in [0, 0.1) is 0 Å². The molecule has 98 valence electrons. The molecule has 0 aliphatic carbocycles. The third kappa shape index (κ3) is 14.8. The molecule has 0 saturated heterocycles. The Labute approximate surface area is 128 Å². The summed E-state index contributed by atoms with van der Waals surface area (Å²) >= 11 is 0. The van der Waals surface area contributed by atoms with Crippen molar-refractivity contribution in [2.75, 3.05) is 0 Å². The van der Waals surface area contributed by atoms with Gasteiger partial charge in [0.25, 0.3) is 0 Å². The van der Waals surface area contributed by atoms with Gasteiger partial charge in [0, 0.05) is 0 Å². The van der Waals surface area contributed by atoms with Crippen LogP contribution < -0.4 is 29.6 Å². The molecule has 0 N–H and O–H groups in total. The minimum Gasteiger partial charge on any atom is -0.726 e. The first-order valence-corrected chi connectivity index (χ1v) is 7.47. The van der Waals surface area contributed by atoms with Crippen molar-refractivity contribution in [3.8, 4) is 0 Å². The Balaban J connectivity index is 0. The zero-order valence-electron chi connectivity index (χ0n) is 11.3. The van der Waals surface area contributed by atoms with Crippen LogP contribution in [0.2, 0.25) is 0 Å². The topological polar surface area (TPSA) is 66.4 Å². The molecule has 17 heavy (non-hydrogen) atoms. The Bertz CT molecular complexity index is 244. The van der Waals surface area contributed by atoms with Gasteiger partial charge in [0.05, 0.1) is 6.10 Å². The SMILES string of the molecule is CCCCCC(CCCCC)OS(=O)(=O)[O-].[Na+]. The van der Waals surface area contributed by atoms with Gasteiger partial charge >= 0.3 is 29.6 Å². The fraction of sp³-hybridized carbons (Fsp3) is 1.00. The van der Waals surface area contributed by atoms with Crippen molar-refractivity contribution >= 4 is 10.4 Å². The molecule has 0 aromatic rings. The molecule has 0 heterocycles. The van der Waals surface area contributed by atoms with Gasteiger partial charge in [-0.1, -0.05) is 52.4 Å². The van der Waals surface area contributed by atoms with Crippen LogP contribution in [0.4, 0.5) is 0 Å². The normalized spacial score (nSPS) is 11.5. The van der Waals surface area contributed by atoms with E-state index in [2.05, 4.69) is 18.0 Å². The standard InChI is InChI=1S/C11H24O4S.Na/c1-3-5-7-9-11(10-8-6-4-2)15-16(12,13)14;/h11H,3-10H2,1-2H3,(H,12,13,14);/q;+1/p-1. The maximum atomic E-state index is 10.5. The van der Waals surface area contributed by atoms with Crippen LogP contribution in [-0.4, -0.2) is 19.1 Å². The molecule has 0 rings (SSSR count). The van der Waals surface area contributed by atoms with Gasteiger partial charge in [0.15, 0.2) is 0 Å². The molecule has 0 fully saturated rings. The molecule has 4 nitrogen and oxygen atoms in total. The van der Waals surface area contributed by atoms with Crippen LogP contribution in [0.15, 0.2) is 0 Å². The van der Waals surface area contributed by atoms with Crippen molar-refractivity contribution in [3.05, 3.63) is 0 Å². The van der Waals surface area contributed by atoms with Crippen molar-refractivity contribution < 1.29 is 46.7 Å². The monoisotopic (exact) mass is 274 g/mol. The minimum atomic E-state index is -4.55. The Morgan fingerprint density at radius 2 is 1.41 bits per heavy atom. The molecule has 0 amide bonds. The molecular weight excluding hydrogens is 251 g/mol. The second-order valence-electron chi connectivity index (χ2n) is 4.12. The first-order chi connectivity index (χ1) is 7.49. The van der Waals surface area contributed by atoms with E-state index >= 15 is 0 Å². The number of hydrogen-bond donors (Lipinski definition) is 0. The number of hydrogen-bond acceptors (Lipinski definition) is 4. The summed E-state index contributed by atoms with van der Waals surface area (Å²) < 4.78 is 36.1. The van der Waals surface area contributed by atoms with Crippen LogP contribution in [0.3, 0.4) is 0 Å². The van der Waals surface area contributed by atoms with Gasteiger partial charge in [-0.25, -0.2) is 8.42 Å². The maximum absolute atomic E-state index is 10.5. The Hall–Kier alpha value is 0.870. The van der Waals surface area contributed by atoms with Crippen LogP contribution in [0.5, 0.6) is 0 Å². The summed E-state index contributed by atoms with van der Waals surface area (Å²) in [5.41, 5.74) is 0. The van der Waals surface area contributed by atoms with Crippen molar-refractivity contribution in [1.82, 2.24) is 0 Å². The van der Waals surface area contributed by atoms with Crippen LogP contribution >= 0.6 is 0 Å². The molecule has 0 atom stereocenters. The predicted molar refractivity (Wildman–Crippen MR) is 62.9 cm³/mol. The zero-order valence-corrected chi connectivity index (χ0v) is 14.1. The molecule has 0 aromatic carbocycles. The summed E-state index contributed by atoms with van der Waals surface area (Å²) in [4.78, 5) is 0.